The van der Waals surface area contributed by atoms with E-state index in [9.17, 15) is 4.79 Å². The molecule has 1 aromatic heterocycles. The van der Waals surface area contributed by atoms with E-state index in [1.54, 1.807) is 0 Å². The lowest BCUT2D eigenvalue weighted by Crippen LogP contribution is -2.31. The Morgan fingerprint density at radius 3 is 2.26 bits per heavy atom. The van der Waals surface area contributed by atoms with Crippen molar-refractivity contribution in [2.24, 2.45) is 4.99 Å². The summed E-state index contributed by atoms with van der Waals surface area (Å²) in [5.74, 6) is -0.00430. The molecule has 0 bridgehead atoms. The number of nitrogens with zero attached hydrogens (tertiary/aromatic N) is 3. The van der Waals surface area contributed by atoms with Gasteiger partial charge in [-0.25, -0.2) is 4.99 Å². The van der Waals surface area contributed by atoms with Crippen molar-refractivity contribution in [1.82, 2.24) is 9.47 Å². The van der Waals surface area contributed by atoms with Gasteiger partial charge in [0, 0.05) is 40.2 Å². The predicted molar refractivity (Wildman–Crippen MR) is 166 cm³/mol. The summed E-state index contributed by atoms with van der Waals surface area (Å²) in [5.41, 5.74) is 5.42. The van der Waals surface area contributed by atoms with Gasteiger partial charge in [0.15, 0.2) is 5.17 Å². The molecule has 2 heterocycles. The van der Waals surface area contributed by atoms with Crippen LogP contribution in [0.25, 0.3) is 17.0 Å². The fraction of sp³-hybridized carbons (Fsp3) is 0.0909. The quantitative estimate of drug-likeness (QED) is 0.178. The Morgan fingerprint density at radius 1 is 0.795 bits per heavy atom. The highest BCUT2D eigenvalue weighted by atomic mass is 79.9. The fourth-order valence-corrected chi connectivity index (χ4v) is 6.02. The number of benzene rings is 4. The molecule has 1 amide bonds. The van der Waals surface area contributed by atoms with E-state index in [1.807, 2.05) is 65.6 Å². The maximum Gasteiger partial charge on any atom is 0.266 e. The summed E-state index contributed by atoms with van der Waals surface area (Å²) < 4.78 is 3.32. The standard InChI is InChI=1S/C33H26BrN3OS/c34-27-17-15-25(16-18-27)22-36-23-26(29-13-7-8-14-30(29)36)21-31-32(38)37(20-19-24-9-3-1-4-10-24)33(39-31)35-28-11-5-2-6-12-28/h1-18,21,23H,19-20,22H2/b31-21+,35-33?. The molecule has 1 aliphatic rings. The number of amides is 1. The second-order valence-electron chi connectivity index (χ2n) is 9.39. The van der Waals surface area contributed by atoms with Crippen LogP contribution < -0.4 is 0 Å². The van der Waals surface area contributed by atoms with E-state index in [1.165, 1.54) is 22.9 Å². The molecule has 4 nitrogen and oxygen atoms in total. The summed E-state index contributed by atoms with van der Waals surface area (Å²) in [6.07, 6.45) is 4.94. The average Bonchev–Trinajstić information content (AvgIpc) is 3.46. The van der Waals surface area contributed by atoms with E-state index in [4.69, 9.17) is 4.99 Å². The number of thioether (sulfide) groups is 1. The number of carbonyl (C=O) groups is 1. The van der Waals surface area contributed by atoms with Crippen LogP contribution in [0.3, 0.4) is 0 Å². The number of para-hydroxylation sites is 2. The van der Waals surface area contributed by atoms with Crippen LogP contribution in [0.2, 0.25) is 0 Å². The number of carbonyl (C=O) groups excluding carboxylic acids is 1. The minimum atomic E-state index is -0.00430. The van der Waals surface area contributed by atoms with Crippen LogP contribution >= 0.6 is 27.7 Å². The highest BCUT2D eigenvalue weighted by Gasteiger charge is 2.33. The summed E-state index contributed by atoms with van der Waals surface area (Å²) in [4.78, 5) is 21.1. The van der Waals surface area contributed by atoms with Crippen LogP contribution in [0.1, 0.15) is 16.7 Å². The van der Waals surface area contributed by atoms with Gasteiger partial charge in [-0.1, -0.05) is 94.8 Å². The van der Waals surface area contributed by atoms with E-state index >= 15 is 0 Å². The number of aromatic nitrogens is 1. The smallest absolute Gasteiger partial charge is 0.266 e. The van der Waals surface area contributed by atoms with Gasteiger partial charge >= 0.3 is 0 Å². The average molecular weight is 593 g/mol. The lowest BCUT2D eigenvalue weighted by Gasteiger charge is -2.15. The van der Waals surface area contributed by atoms with Gasteiger partial charge < -0.3 is 4.57 Å². The number of hydrogen-bond donors (Lipinski definition) is 0. The van der Waals surface area contributed by atoms with E-state index in [2.05, 4.69) is 81.3 Å². The van der Waals surface area contributed by atoms with E-state index < -0.39 is 0 Å². The number of fused-ring (bicyclic) bond motifs is 1. The monoisotopic (exact) mass is 591 g/mol. The first kappa shape index (κ1) is 25.4. The summed E-state index contributed by atoms with van der Waals surface area (Å²) in [6, 6.07) is 36.8. The Kier molecular flexibility index (Phi) is 7.48. The Bertz CT molecular complexity index is 1680. The van der Waals surface area contributed by atoms with Gasteiger partial charge in [0.2, 0.25) is 0 Å². The van der Waals surface area contributed by atoms with Gasteiger partial charge in [0.1, 0.15) is 0 Å². The van der Waals surface area contributed by atoms with Gasteiger partial charge in [-0.05, 0) is 65.7 Å². The van der Waals surface area contributed by atoms with Gasteiger partial charge in [0.05, 0.1) is 10.6 Å². The third-order valence-electron chi connectivity index (χ3n) is 6.71. The van der Waals surface area contributed by atoms with Crippen LogP contribution in [-0.2, 0) is 17.8 Å². The number of hydrogen-bond acceptors (Lipinski definition) is 3. The van der Waals surface area contributed by atoms with Gasteiger partial charge in [-0.3, -0.25) is 9.69 Å². The Morgan fingerprint density at radius 2 is 1.49 bits per heavy atom. The van der Waals surface area contributed by atoms with Crippen molar-refractivity contribution in [1.29, 1.82) is 0 Å². The van der Waals surface area contributed by atoms with Gasteiger partial charge in [-0.15, -0.1) is 0 Å². The molecule has 1 fully saturated rings. The van der Waals surface area contributed by atoms with Crippen LogP contribution in [-0.4, -0.2) is 27.1 Å². The lowest BCUT2D eigenvalue weighted by molar-refractivity contribution is -0.122. The first-order valence-corrected chi connectivity index (χ1v) is 14.5. The van der Waals surface area contributed by atoms with Crippen LogP contribution in [0.15, 0.2) is 130 Å². The van der Waals surface area contributed by atoms with Crippen molar-refractivity contribution >= 4 is 61.4 Å². The SMILES string of the molecule is O=C1/C(=C\c2cn(Cc3ccc(Br)cc3)c3ccccc23)SC(=Nc2ccccc2)N1CCc1ccccc1. The summed E-state index contributed by atoms with van der Waals surface area (Å²) in [6.45, 7) is 1.33. The van der Waals surface area contributed by atoms with Crippen LogP contribution in [0.4, 0.5) is 5.69 Å². The summed E-state index contributed by atoms with van der Waals surface area (Å²) in [5, 5.41) is 1.84. The zero-order valence-electron chi connectivity index (χ0n) is 21.2. The third kappa shape index (κ3) is 5.77. The summed E-state index contributed by atoms with van der Waals surface area (Å²) >= 11 is 4.97. The highest BCUT2D eigenvalue weighted by Crippen LogP contribution is 2.36. The van der Waals surface area contributed by atoms with Crippen LogP contribution in [0, 0.1) is 0 Å². The molecule has 0 atom stereocenters. The van der Waals surface area contributed by atoms with E-state index in [0.29, 0.717) is 16.6 Å². The molecule has 0 spiro atoms. The van der Waals surface area contributed by atoms with E-state index in [0.717, 1.165) is 39.6 Å². The maximum atomic E-state index is 13.7. The second-order valence-corrected chi connectivity index (χ2v) is 11.3. The number of halogens is 1. The maximum absolute atomic E-state index is 13.7. The first-order valence-electron chi connectivity index (χ1n) is 12.9. The first-order chi connectivity index (χ1) is 19.1. The van der Waals surface area contributed by atoms with Crippen molar-refractivity contribution < 1.29 is 4.79 Å². The molecular weight excluding hydrogens is 566 g/mol. The summed E-state index contributed by atoms with van der Waals surface area (Å²) in [7, 11) is 0. The molecule has 0 unspecified atom stereocenters. The Labute approximate surface area is 240 Å². The number of aliphatic imine (C=N–C) groups is 1. The predicted octanol–water partition coefficient (Wildman–Crippen LogP) is 8.30. The normalized spacial score (nSPS) is 15.6. The van der Waals surface area contributed by atoms with Crippen molar-refractivity contribution in [2.45, 2.75) is 13.0 Å². The Hall–Kier alpha value is -3.87. The molecule has 6 heteroatoms. The molecule has 192 valence electrons. The molecule has 0 aliphatic carbocycles. The topological polar surface area (TPSA) is 37.6 Å². The minimum Gasteiger partial charge on any atom is -0.342 e. The Balaban J connectivity index is 1.34. The largest absolute Gasteiger partial charge is 0.342 e. The molecule has 1 saturated heterocycles. The molecule has 4 aromatic carbocycles. The van der Waals surface area contributed by atoms with Gasteiger partial charge in [-0.2, -0.15) is 0 Å². The second kappa shape index (κ2) is 11.5. The minimum absolute atomic E-state index is 0.00430. The number of rotatable bonds is 7. The molecule has 1 aliphatic heterocycles. The molecule has 0 saturated carbocycles. The lowest BCUT2D eigenvalue weighted by atomic mass is 10.1. The third-order valence-corrected chi connectivity index (χ3v) is 8.24. The van der Waals surface area contributed by atoms with E-state index in [-0.39, 0.29) is 5.91 Å². The molecule has 39 heavy (non-hydrogen) atoms. The van der Waals surface area contributed by atoms with Crippen molar-refractivity contribution in [2.75, 3.05) is 6.54 Å². The fourth-order valence-electron chi connectivity index (χ4n) is 4.74. The molecule has 6 rings (SSSR count). The zero-order valence-corrected chi connectivity index (χ0v) is 23.6. The van der Waals surface area contributed by atoms with Crippen molar-refractivity contribution in [3.05, 3.63) is 141 Å². The van der Waals surface area contributed by atoms with Gasteiger partial charge in [0.25, 0.3) is 5.91 Å². The van der Waals surface area contributed by atoms with Crippen molar-refractivity contribution in [3.63, 3.8) is 0 Å². The zero-order chi connectivity index (χ0) is 26.6. The molecule has 0 N–H and O–H groups in total. The van der Waals surface area contributed by atoms with Crippen LogP contribution in [0.5, 0.6) is 0 Å². The number of amidine groups is 1. The van der Waals surface area contributed by atoms with Crippen molar-refractivity contribution in [3.8, 4) is 0 Å². The highest BCUT2D eigenvalue weighted by molar-refractivity contribution is 9.10. The molecule has 5 aromatic rings. The molecule has 0 radical (unpaired) electrons. The molecular formula is C33H26BrN3OS.